The summed E-state index contributed by atoms with van der Waals surface area (Å²) in [4.78, 5) is 12.5. The van der Waals surface area contributed by atoms with E-state index in [0.717, 1.165) is 20.6 Å². The first kappa shape index (κ1) is 21.0. The van der Waals surface area contributed by atoms with Crippen molar-refractivity contribution >= 4 is 26.7 Å². The van der Waals surface area contributed by atoms with Crippen LogP contribution in [-0.2, 0) is 21.4 Å². The van der Waals surface area contributed by atoms with Crippen LogP contribution in [0.4, 0.5) is 0 Å². The van der Waals surface area contributed by atoms with Crippen LogP contribution >= 0.6 is 0 Å². The summed E-state index contributed by atoms with van der Waals surface area (Å²) in [6.07, 6.45) is 0. The molecule has 1 amide bonds. The van der Waals surface area contributed by atoms with Crippen molar-refractivity contribution in [3.63, 3.8) is 0 Å². The molecular weight excluding hydrogens is 388 g/mol. The SMILES string of the molecule is CC(C)[C@@H](C(=O)NO)N(Cc1ccccc1)S(=O)(=O)c1ccc2ccccc2c1. The van der Waals surface area contributed by atoms with E-state index in [-0.39, 0.29) is 17.4 Å². The van der Waals surface area contributed by atoms with Gasteiger partial charge < -0.3 is 0 Å². The van der Waals surface area contributed by atoms with Crippen LogP contribution in [0.3, 0.4) is 0 Å². The maximum Gasteiger partial charge on any atom is 0.262 e. The smallest absolute Gasteiger partial charge is 0.262 e. The third-order valence-electron chi connectivity index (χ3n) is 4.83. The molecule has 29 heavy (non-hydrogen) atoms. The van der Waals surface area contributed by atoms with Gasteiger partial charge in [0.05, 0.1) is 4.90 Å². The van der Waals surface area contributed by atoms with Gasteiger partial charge >= 0.3 is 0 Å². The molecule has 0 heterocycles. The number of carbonyl (C=O) groups is 1. The van der Waals surface area contributed by atoms with Crippen molar-refractivity contribution < 1.29 is 18.4 Å². The zero-order chi connectivity index (χ0) is 21.0. The number of benzene rings is 3. The number of hydroxylamine groups is 1. The zero-order valence-corrected chi connectivity index (χ0v) is 17.1. The lowest BCUT2D eigenvalue weighted by atomic mass is 10.0. The van der Waals surface area contributed by atoms with E-state index in [0.29, 0.717) is 0 Å². The molecule has 0 aromatic heterocycles. The molecule has 0 saturated heterocycles. The summed E-state index contributed by atoms with van der Waals surface area (Å²) in [7, 11) is -4.03. The molecular formula is C22H24N2O4S. The van der Waals surface area contributed by atoms with Gasteiger partial charge in [-0.15, -0.1) is 0 Å². The minimum atomic E-state index is -4.03. The zero-order valence-electron chi connectivity index (χ0n) is 16.3. The number of rotatable bonds is 7. The summed E-state index contributed by atoms with van der Waals surface area (Å²) in [5.74, 6) is -1.12. The molecule has 3 aromatic carbocycles. The molecule has 0 unspecified atom stereocenters. The minimum Gasteiger partial charge on any atom is -0.289 e. The molecule has 3 aromatic rings. The second-order valence-electron chi connectivity index (χ2n) is 7.21. The first-order valence-electron chi connectivity index (χ1n) is 9.33. The van der Waals surface area contributed by atoms with Gasteiger partial charge in [0.15, 0.2) is 0 Å². The second kappa shape index (κ2) is 8.73. The van der Waals surface area contributed by atoms with Gasteiger partial charge in [0.2, 0.25) is 10.0 Å². The lowest BCUT2D eigenvalue weighted by Gasteiger charge is -2.32. The standard InChI is InChI=1S/C22H24N2O4S/c1-16(2)21(22(25)23-26)24(15-17-8-4-3-5-9-17)29(27,28)20-13-12-18-10-6-7-11-19(18)14-20/h3-14,16,21,26H,15H2,1-2H3,(H,23,25)/t21-/m0/s1. The fourth-order valence-electron chi connectivity index (χ4n) is 3.39. The van der Waals surface area contributed by atoms with Crippen LogP contribution in [0.2, 0.25) is 0 Å². The van der Waals surface area contributed by atoms with Crippen LogP contribution in [0.1, 0.15) is 19.4 Å². The van der Waals surface area contributed by atoms with Gasteiger partial charge in [-0.1, -0.05) is 74.5 Å². The number of amides is 1. The Bertz CT molecular complexity index is 1100. The highest BCUT2D eigenvalue weighted by molar-refractivity contribution is 7.89. The Morgan fingerprint density at radius 2 is 1.59 bits per heavy atom. The van der Waals surface area contributed by atoms with Crippen molar-refractivity contribution in [3.8, 4) is 0 Å². The fraction of sp³-hybridized carbons (Fsp3) is 0.227. The van der Waals surface area contributed by atoms with Crippen LogP contribution < -0.4 is 5.48 Å². The average Bonchev–Trinajstić information content (AvgIpc) is 2.73. The molecule has 0 aliphatic heterocycles. The molecule has 0 aliphatic rings. The van der Waals surface area contributed by atoms with Gasteiger partial charge in [-0.25, -0.2) is 13.9 Å². The van der Waals surface area contributed by atoms with Crippen LogP contribution in [0, 0.1) is 5.92 Å². The molecule has 0 aliphatic carbocycles. The Balaban J connectivity index is 2.12. The van der Waals surface area contributed by atoms with Gasteiger partial charge in [0, 0.05) is 6.54 Å². The minimum absolute atomic E-state index is 0.00622. The number of nitrogens with one attached hydrogen (secondary N) is 1. The fourth-order valence-corrected chi connectivity index (χ4v) is 5.14. The van der Waals surface area contributed by atoms with E-state index in [1.807, 2.05) is 42.5 Å². The molecule has 3 rings (SSSR count). The Kier molecular flexibility index (Phi) is 6.32. The Labute approximate surface area is 170 Å². The van der Waals surface area contributed by atoms with Gasteiger partial charge in [0.1, 0.15) is 6.04 Å². The van der Waals surface area contributed by atoms with Gasteiger partial charge in [0.25, 0.3) is 5.91 Å². The first-order chi connectivity index (χ1) is 13.8. The molecule has 152 valence electrons. The molecule has 6 nitrogen and oxygen atoms in total. The quantitative estimate of drug-likeness (QED) is 0.459. The van der Waals surface area contributed by atoms with Crippen molar-refractivity contribution in [1.82, 2.24) is 9.79 Å². The van der Waals surface area contributed by atoms with Crippen LogP contribution in [0.15, 0.2) is 77.7 Å². The number of carbonyl (C=O) groups excluding carboxylic acids is 1. The molecule has 0 radical (unpaired) electrons. The normalized spacial score (nSPS) is 13.0. The largest absolute Gasteiger partial charge is 0.289 e. The molecule has 0 bridgehead atoms. The van der Waals surface area contributed by atoms with E-state index >= 15 is 0 Å². The molecule has 0 fully saturated rings. The van der Waals surface area contributed by atoms with E-state index in [9.17, 15) is 18.4 Å². The number of fused-ring (bicyclic) bond motifs is 1. The predicted octanol–water partition coefficient (Wildman–Crippen LogP) is 3.56. The number of hydrogen-bond acceptors (Lipinski definition) is 4. The highest BCUT2D eigenvalue weighted by Gasteiger charge is 2.38. The molecule has 7 heteroatoms. The Hall–Kier alpha value is -2.74. The third kappa shape index (κ3) is 4.48. The third-order valence-corrected chi connectivity index (χ3v) is 6.65. The molecule has 0 saturated carbocycles. The maximum absolute atomic E-state index is 13.6. The number of nitrogens with zero attached hydrogens (tertiary/aromatic N) is 1. The highest BCUT2D eigenvalue weighted by Crippen LogP contribution is 2.27. The van der Waals surface area contributed by atoms with Crippen molar-refractivity contribution in [3.05, 3.63) is 78.4 Å². The summed E-state index contributed by atoms with van der Waals surface area (Å²) >= 11 is 0. The van der Waals surface area contributed by atoms with Crippen molar-refractivity contribution in [1.29, 1.82) is 0 Å². The van der Waals surface area contributed by atoms with Crippen molar-refractivity contribution in [2.24, 2.45) is 5.92 Å². The van der Waals surface area contributed by atoms with Crippen LogP contribution in [0.5, 0.6) is 0 Å². The van der Waals surface area contributed by atoms with E-state index in [2.05, 4.69) is 0 Å². The van der Waals surface area contributed by atoms with E-state index in [1.165, 1.54) is 0 Å². The molecule has 1 atom stereocenters. The summed E-state index contributed by atoms with van der Waals surface area (Å²) in [5, 5.41) is 10.9. The van der Waals surface area contributed by atoms with Crippen molar-refractivity contribution in [2.75, 3.05) is 0 Å². The van der Waals surface area contributed by atoms with Gasteiger partial charge in [-0.05, 0) is 34.4 Å². The van der Waals surface area contributed by atoms with Crippen molar-refractivity contribution in [2.45, 2.75) is 31.3 Å². The monoisotopic (exact) mass is 412 g/mol. The Morgan fingerprint density at radius 1 is 0.966 bits per heavy atom. The van der Waals surface area contributed by atoms with Gasteiger partial charge in [-0.2, -0.15) is 4.31 Å². The lowest BCUT2D eigenvalue weighted by molar-refractivity contribution is -0.134. The lowest BCUT2D eigenvalue weighted by Crippen LogP contribution is -2.51. The highest BCUT2D eigenvalue weighted by atomic mass is 32.2. The van der Waals surface area contributed by atoms with Crippen LogP contribution in [-0.4, -0.2) is 29.9 Å². The first-order valence-corrected chi connectivity index (χ1v) is 10.8. The number of hydrogen-bond donors (Lipinski definition) is 2. The summed E-state index contributed by atoms with van der Waals surface area (Å²) in [5.41, 5.74) is 2.36. The van der Waals surface area contributed by atoms with E-state index in [1.54, 1.807) is 49.7 Å². The van der Waals surface area contributed by atoms with Crippen LogP contribution in [0.25, 0.3) is 10.8 Å². The second-order valence-corrected chi connectivity index (χ2v) is 9.10. The summed E-state index contributed by atoms with van der Waals surface area (Å²) in [6, 6.07) is 20.4. The summed E-state index contributed by atoms with van der Waals surface area (Å²) < 4.78 is 28.4. The van der Waals surface area contributed by atoms with E-state index in [4.69, 9.17) is 0 Å². The van der Waals surface area contributed by atoms with Gasteiger partial charge in [-0.3, -0.25) is 10.0 Å². The predicted molar refractivity (Wildman–Crippen MR) is 112 cm³/mol. The number of sulfonamides is 1. The molecule has 2 N–H and O–H groups in total. The summed E-state index contributed by atoms with van der Waals surface area (Å²) in [6.45, 7) is 3.49. The average molecular weight is 413 g/mol. The Morgan fingerprint density at radius 3 is 2.21 bits per heavy atom. The molecule has 0 spiro atoms. The maximum atomic E-state index is 13.6. The topological polar surface area (TPSA) is 86.7 Å². The van der Waals surface area contributed by atoms with E-state index < -0.39 is 22.0 Å².